The summed E-state index contributed by atoms with van der Waals surface area (Å²) in [7, 11) is 3.14. The Hall–Kier alpha value is -1.16. The number of thioether (sulfide) groups is 1. The van der Waals surface area contributed by atoms with E-state index in [1.807, 2.05) is 6.26 Å². The largest absolute Gasteiger partial charge is 0.496 e. The van der Waals surface area contributed by atoms with Gasteiger partial charge in [0.25, 0.3) is 0 Å². The van der Waals surface area contributed by atoms with E-state index in [9.17, 15) is 4.79 Å². The molecule has 0 fully saturated rings. The Morgan fingerprint density at radius 2 is 1.80 bits per heavy atom. The Bertz CT molecular complexity index is 374. The first-order valence-corrected chi connectivity index (χ1v) is 5.67. The van der Waals surface area contributed by atoms with Gasteiger partial charge in [-0.15, -0.1) is 11.8 Å². The van der Waals surface area contributed by atoms with E-state index < -0.39 is 0 Å². The van der Waals surface area contributed by atoms with Crippen LogP contribution in [-0.4, -0.2) is 26.3 Å². The molecule has 0 heterocycles. The quantitative estimate of drug-likeness (QED) is 0.584. The summed E-state index contributed by atoms with van der Waals surface area (Å²) >= 11 is 1.54. The van der Waals surface area contributed by atoms with Crippen molar-refractivity contribution in [2.75, 3.05) is 20.5 Å². The molecule has 0 aromatic heterocycles. The lowest BCUT2D eigenvalue weighted by Crippen LogP contribution is -1.99. The highest BCUT2D eigenvalue weighted by molar-refractivity contribution is 7.98. The number of ether oxygens (including phenoxy) is 2. The van der Waals surface area contributed by atoms with Gasteiger partial charge in [0.1, 0.15) is 11.5 Å². The maximum absolute atomic E-state index is 11.4. The smallest absolute Gasteiger partial charge is 0.163 e. The fraction of sp³-hybridized carbons (Fsp3) is 0.364. The molecule has 0 saturated carbocycles. The predicted octanol–water partition coefficient (Wildman–Crippen LogP) is 2.63. The van der Waals surface area contributed by atoms with Crippen LogP contribution in [0, 0.1) is 0 Å². The van der Waals surface area contributed by atoms with Gasteiger partial charge in [-0.2, -0.15) is 0 Å². The lowest BCUT2D eigenvalue weighted by atomic mass is 10.1. The van der Waals surface area contributed by atoms with E-state index in [0.29, 0.717) is 11.3 Å². The van der Waals surface area contributed by atoms with Crippen LogP contribution in [0.3, 0.4) is 0 Å². The summed E-state index contributed by atoms with van der Waals surface area (Å²) in [6.07, 6.45) is 1.94. The molecular weight excluding hydrogens is 212 g/mol. The third-order valence-corrected chi connectivity index (χ3v) is 2.84. The Morgan fingerprint density at radius 3 is 2.20 bits per heavy atom. The zero-order chi connectivity index (χ0) is 11.4. The highest BCUT2D eigenvalue weighted by Gasteiger charge is 2.13. The minimum atomic E-state index is -0.00944. The number of Topliss-reactive ketones (excluding diaryl/α,β-unsaturated/α-hetero) is 1. The van der Waals surface area contributed by atoms with E-state index in [2.05, 4.69) is 0 Å². The van der Waals surface area contributed by atoms with Gasteiger partial charge in [0.05, 0.1) is 24.7 Å². The predicted molar refractivity (Wildman–Crippen MR) is 61.3 cm³/mol. The van der Waals surface area contributed by atoms with Crippen LogP contribution in [0.2, 0.25) is 0 Å². The first-order chi connectivity index (χ1) is 7.13. The molecule has 4 heteroatoms. The summed E-state index contributed by atoms with van der Waals surface area (Å²) in [4.78, 5) is 12.3. The number of methoxy groups -OCH3 is 2. The molecule has 0 bridgehead atoms. The van der Waals surface area contributed by atoms with Crippen molar-refractivity contribution in [3.8, 4) is 11.5 Å². The monoisotopic (exact) mass is 226 g/mol. The third-order valence-electron chi connectivity index (χ3n) is 2.08. The summed E-state index contributed by atoms with van der Waals surface area (Å²) < 4.78 is 10.3. The number of rotatable bonds is 4. The van der Waals surface area contributed by atoms with Crippen molar-refractivity contribution in [3.05, 3.63) is 17.7 Å². The second kappa shape index (κ2) is 5.07. The molecule has 0 radical (unpaired) electrons. The fourth-order valence-corrected chi connectivity index (χ4v) is 1.88. The fourth-order valence-electron chi connectivity index (χ4n) is 1.30. The molecule has 0 aliphatic carbocycles. The van der Waals surface area contributed by atoms with Gasteiger partial charge in [0, 0.05) is 6.07 Å². The minimum Gasteiger partial charge on any atom is -0.496 e. The number of hydrogen-bond acceptors (Lipinski definition) is 4. The van der Waals surface area contributed by atoms with E-state index in [1.54, 1.807) is 26.4 Å². The molecule has 1 aromatic rings. The Balaban J connectivity index is 3.34. The van der Waals surface area contributed by atoms with Crippen molar-refractivity contribution in [1.29, 1.82) is 0 Å². The molecule has 1 rings (SSSR count). The summed E-state index contributed by atoms with van der Waals surface area (Å²) in [5.41, 5.74) is 0.586. The number of benzene rings is 1. The topological polar surface area (TPSA) is 35.5 Å². The second-order valence-electron chi connectivity index (χ2n) is 2.96. The van der Waals surface area contributed by atoms with Crippen LogP contribution >= 0.6 is 11.8 Å². The average Bonchev–Trinajstić information content (AvgIpc) is 2.26. The standard InChI is InChI=1S/C11H14O3S/c1-7(12)8-5-11(15-4)10(14-3)6-9(8)13-2/h5-6H,1-4H3. The molecule has 0 aliphatic rings. The van der Waals surface area contributed by atoms with E-state index in [-0.39, 0.29) is 5.78 Å². The molecule has 0 spiro atoms. The van der Waals surface area contributed by atoms with E-state index in [1.165, 1.54) is 18.7 Å². The highest BCUT2D eigenvalue weighted by atomic mass is 32.2. The van der Waals surface area contributed by atoms with Gasteiger partial charge < -0.3 is 9.47 Å². The Kier molecular flexibility index (Phi) is 4.03. The van der Waals surface area contributed by atoms with E-state index in [4.69, 9.17) is 9.47 Å². The first-order valence-electron chi connectivity index (χ1n) is 4.45. The Morgan fingerprint density at radius 1 is 1.20 bits per heavy atom. The number of hydrogen-bond donors (Lipinski definition) is 0. The van der Waals surface area contributed by atoms with Gasteiger partial charge in [-0.1, -0.05) is 0 Å². The van der Waals surface area contributed by atoms with Crippen LogP contribution < -0.4 is 9.47 Å². The van der Waals surface area contributed by atoms with Crippen molar-refractivity contribution in [2.45, 2.75) is 11.8 Å². The normalized spacial score (nSPS) is 9.87. The lowest BCUT2D eigenvalue weighted by molar-refractivity contribution is 0.101. The maximum atomic E-state index is 11.4. The van der Waals surface area contributed by atoms with Gasteiger partial charge in [0.15, 0.2) is 5.78 Å². The molecule has 0 amide bonds. The van der Waals surface area contributed by atoms with Crippen molar-refractivity contribution in [2.24, 2.45) is 0 Å². The molecule has 0 saturated heterocycles. The van der Waals surface area contributed by atoms with Crippen LogP contribution in [0.5, 0.6) is 11.5 Å². The van der Waals surface area contributed by atoms with Gasteiger partial charge >= 0.3 is 0 Å². The number of carbonyl (C=O) groups is 1. The average molecular weight is 226 g/mol. The highest BCUT2D eigenvalue weighted by Crippen LogP contribution is 2.34. The van der Waals surface area contributed by atoms with Crippen molar-refractivity contribution in [1.82, 2.24) is 0 Å². The van der Waals surface area contributed by atoms with Crippen molar-refractivity contribution < 1.29 is 14.3 Å². The van der Waals surface area contributed by atoms with Crippen molar-refractivity contribution >= 4 is 17.5 Å². The molecule has 0 aliphatic heterocycles. The van der Waals surface area contributed by atoms with Crippen molar-refractivity contribution in [3.63, 3.8) is 0 Å². The summed E-state index contributed by atoms with van der Waals surface area (Å²) in [5.74, 6) is 1.27. The maximum Gasteiger partial charge on any atom is 0.163 e. The molecular formula is C11H14O3S. The van der Waals surface area contributed by atoms with Crippen LogP contribution in [0.15, 0.2) is 17.0 Å². The van der Waals surface area contributed by atoms with Crippen LogP contribution in [0.4, 0.5) is 0 Å². The lowest BCUT2D eigenvalue weighted by Gasteiger charge is -2.11. The summed E-state index contributed by atoms with van der Waals surface area (Å²) in [6.45, 7) is 1.52. The zero-order valence-electron chi connectivity index (χ0n) is 9.29. The minimum absolute atomic E-state index is 0.00944. The van der Waals surface area contributed by atoms with Crippen LogP contribution in [0.25, 0.3) is 0 Å². The van der Waals surface area contributed by atoms with Crippen LogP contribution in [-0.2, 0) is 0 Å². The number of ketones is 1. The summed E-state index contributed by atoms with van der Waals surface area (Å²) in [6, 6.07) is 3.53. The second-order valence-corrected chi connectivity index (χ2v) is 3.81. The molecule has 1 aromatic carbocycles. The number of carbonyl (C=O) groups excluding carboxylic acids is 1. The summed E-state index contributed by atoms with van der Waals surface area (Å²) in [5, 5.41) is 0. The van der Waals surface area contributed by atoms with Gasteiger partial charge in [-0.05, 0) is 19.2 Å². The molecule has 0 unspecified atom stereocenters. The van der Waals surface area contributed by atoms with Gasteiger partial charge in [-0.3, -0.25) is 4.79 Å². The SMILES string of the molecule is COc1cc(OC)c(C(C)=O)cc1SC. The van der Waals surface area contributed by atoms with E-state index in [0.717, 1.165) is 10.6 Å². The molecule has 0 atom stereocenters. The molecule has 82 valence electrons. The third kappa shape index (κ3) is 2.45. The Labute approximate surface area is 93.8 Å². The zero-order valence-corrected chi connectivity index (χ0v) is 10.1. The van der Waals surface area contributed by atoms with Gasteiger partial charge in [-0.25, -0.2) is 0 Å². The molecule has 15 heavy (non-hydrogen) atoms. The molecule has 3 nitrogen and oxygen atoms in total. The molecule has 0 N–H and O–H groups in total. The van der Waals surface area contributed by atoms with Crippen LogP contribution in [0.1, 0.15) is 17.3 Å². The first kappa shape index (κ1) is 11.9. The van der Waals surface area contributed by atoms with E-state index >= 15 is 0 Å². The van der Waals surface area contributed by atoms with Gasteiger partial charge in [0.2, 0.25) is 0 Å².